The first-order chi connectivity index (χ1) is 9.52. The van der Waals surface area contributed by atoms with Crippen LogP contribution in [0.4, 0.5) is 0 Å². The summed E-state index contributed by atoms with van der Waals surface area (Å²) in [6.07, 6.45) is 4.20. The summed E-state index contributed by atoms with van der Waals surface area (Å²) >= 11 is 0. The van der Waals surface area contributed by atoms with Gasteiger partial charge in [0, 0.05) is 25.4 Å². The fourth-order valence-corrected chi connectivity index (χ4v) is 2.12. The van der Waals surface area contributed by atoms with Crippen molar-refractivity contribution < 1.29 is 0 Å². The van der Waals surface area contributed by atoms with E-state index in [4.69, 9.17) is 11.5 Å². The summed E-state index contributed by atoms with van der Waals surface area (Å²) in [4.78, 5) is 10.8. The number of hydrogen-bond acceptors (Lipinski definition) is 6. The summed E-state index contributed by atoms with van der Waals surface area (Å²) in [5.74, 6) is 0.104. The maximum atomic E-state index is 6.14. The lowest BCUT2D eigenvalue weighted by Crippen LogP contribution is -2.56. The number of aromatic nitrogens is 1. The van der Waals surface area contributed by atoms with Crippen LogP contribution in [0.15, 0.2) is 35.1 Å². The lowest BCUT2D eigenvalue weighted by atomic mass is 10.2. The van der Waals surface area contributed by atoms with Gasteiger partial charge in [0.1, 0.15) is 5.82 Å². The fourth-order valence-electron chi connectivity index (χ4n) is 2.12. The second kappa shape index (κ2) is 6.02. The Bertz CT molecular complexity index is 524. The predicted molar refractivity (Wildman–Crippen MR) is 80.7 cm³/mol. The maximum absolute atomic E-state index is 6.14. The summed E-state index contributed by atoms with van der Waals surface area (Å²) in [5.41, 5.74) is 13.7. The number of aryl methyl sites for hydroxylation is 1. The molecule has 0 saturated heterocycles. The highest BCUT2D eigenvalue weighted by Gasteiger charge is 2.26. The third-order valence-corrected chi connectivity index (χ3v) is 3.16. The van der Waals surface area contributed by atoms with Crippen molar-refractivity contribution in [3.8, 4) is 0 Å². The Balaban J connectivity index is 2.04. The molecule has 0 aromatic carbocycles. The molecule has 20 heavy (non-hydrogen) atoms. The van der Waals surface area contributed by atoms with Crippen molar-refractivity contribution in [3.63, 3.8) is 0 Å². The van der Waals surface area contributed by atoms with Gasteiger partial charge >= 0.3 is 0 Å². The Hall–Kier alpha value is -1.92. The van der Waals surface area contributed by atoms with Crippen LogP contribution in [0, 0.1) is 6.92 Å². The average molecular weight is 274 g/mol. The van der Waals surface area contributed by atoms with Gasteiger partial charge in [0.15, 0.2) is 5.79 Å². The zero-order valence-electron chi connectivity index (χ0n) is 12.0. The number of nitrogens with two attached hydrogens (primary N) is 2. The van der Waals surface area contributed by atoms with Crippen molar-refractivity contribution in [2.24, 2.45) is 16.5 Å². The van der Waals surface area contributed by atoms with Crippen molar-refractivity contribution >= 4 is 6.21 Å². The molecule has 1 aromatic heterocycles. The van der Waals surface area contributed by atoms with Crippen molar-refractivity contribution in [1.29, 1.82) is 0 Å². The van der Waals surface area contributed by atoms with Crippen LogP contribution in [0.25, 0.3) is 0 Å². The first-order valence-electron chi connectivity index (χ1n) is 6.69. The van der Waals surface area contributed by atoms with Crippen LogP contribution in [0.3, 0.4) is 0 Å². The van der Waals surface area contributed by atoms with E-state index in [9.17, 15) is 0 Å². The van der Waals surface area contributed by atoms with Crippen molar-refractivity contribution in [3.05, 3.63) is 41.5 Å². The van der Waals surface area contributed by atoms with Gasteiger partial charge in [-0.25, -0.2) is 0 Å². The van der Waals surface area contributed by atoms with Crippen LogP contribution >= 0.6 is 0 Å². The molecule has 108 valence electrons. The van der Waals surface area contributed by atoms with Gasteiger partial charge in [0.25, 0.3) is 0 Å². The summed E-state index contributed by atoms with van der Waals surface area (Å²) in [7, 11) is 1.99. The van der Waals surface area contributed by atoms with Crippen LogP contribution in [0.1, 0.15) is 17.8 Å². The van der Waals surface area contributed by atoms with Gasteiger partial charge in [-0.2, -0.15) is 0 Å². The highest BCUT2D eigenvalue weighted by molar-refractivity contribution is 5.73. The van der Waals surface area contributed by atoms with E-state index in [1.54, 1.807) is 6.21 Å². The molecule has 6 nitrogen and oxygen atoms in total. The van der Waals surface area contributed by atoms with Crippen molar-refractivity contribution in [2.75, 3.05) is 13.6 Å². The zero-order chi connectivity index (χ0) is 14.6. The van der Waals surface area contributed by atoms with Crippen molar-refractivity contribution in [2.45, 2.75) is 25.7 Å². The first kappa shape index (κ1) is 14.5. The van der Waals surface area contributed by atoms with Gasteiger partial charge in [-0.15, -0.1) is 0 Å². The SMILES string of the molecule is Cc1cccc(CN(C)C2=CC=NC(N)(CCN)N2)n1. The normalized spacial score (nSPS) is 21.3. The van der Waals surface area contributed by atoms with Crippen LogP contribution < -0.4 is 16.8 Å². The number of aliphatic imine (C=N–C) groups is 1. The van der Waals surface area contributed by atoms with Gasteiger partial charge in [-0.05, 0) is 31.7 Å². The maximum Gasteiger partial charge on any atom is 0.184 e. The number of rotatable bonds is 5. The van der Waals surface area contributed by atoms with Gasteiger partial charge in [0.2, 0.25) is 0 Å². The van der Waals surface area contributed by atoms with Gasteiger partial charge < -0.3 is 16.0 Å². The molecule has 0 aliphatic carbocycles. The van der Waals surface area contributed by atoms with E-state index in [2.05, 4.69) is 20.2 Å². The van der Waals surface area contributed by atoms with E-state index < -0.39 is 5.79 Å². The largest absolute Gasteiger partial charge is 0.355 e. The molecule has 2 rings (SSSR count). The van der Waals surface area contributed by atoms with Crippen LogP contribution in [0.5, 0.6) is 0 Å². The van der Waals surface area contributed by atoms with E-state index in [0.717, 1.165) is 17.2 Å². The Morgan fingerprint density at radius 2 is 2.20 bits per heavy atom. The number of hydrogen-bond donors (Lipinski definition) is 3. The first-order valence-corrected chi connectivity index (χ1v) is 6.69. The monoisotopic (exact) mass is 274 g/mol. The molecule has 1 aliphatic rings. The molecule has 0 amide bonds. The smallest absolute Gasteiger partial charge is 0.184 e. The molecule has 0 spiro atoms. The highest BCUT2D eigenvalue weighted by Crippen LogP contribution is 2.14. The molecule has 1 aromatic rings. The Morgan fingerprint density at radius 3 is 2.90 bits per heavy atom. The van der Waals surface area contributed by atoms with Crippen molar-refractivity contribution in [1.82, 2.24) is 15.2 Å². The lowest BCUT2D eigenvalue weighted by Gasteiger charge is -2.34. The molecule has 0 radical (unpaired) electrons. The summed E-state index contributed by atoms with van der Waals surface area (Å²) in [6.45, 7) is 3.17. The molecule has 0 fully saturated rings. The van der Waals surface area contributed by atoms with Gasteiger partial charge in [0.05, 0.1) is 12.2 Å². The molecule has 2 heterocycles. The molecule has 0 bridgehead atoms. The molecule has 5 N–H and O–H groups in total. The van der Waals surface area contributed by atoms with E-state index in [0.29, 0.717) is 19.5 Å². The van der Waals surface area contributed by atoms with E-state index in [-0.39, 0.29) is 0 Å². The Kier molecular flexibility index (Phi) is 4.36. The minimum atomic E-state index is -0.812. The second-order valence-electron chi connectivity index (χ2n) is 5.04. The second-order valence-corrected chi connectivity index (χ2v) is 5.04. The standard InChI is InChI=1S/C14H22N6/c1-11-4-3-5-12(18-11)10-20(2)13-6-9-17-14(16,19-13)7-8-15/h3-6,9,19H,7-8,10,15-16H2,1-2H3. The van der Waals surface area contributed by atoms with E-state index in [1.807, 2.05) is 38.2 Å². The molecular weight excluding hydrogens is 252 g/mol. The van der Waals surface area contributed by atoms with Crippen LogP contribution in [-0.4, -0.2) is 35.5 Å². The molecular formula is C14H22N6. The topological polar surface area (TPSA) is 92.6 Å². The lowest BCUT2D eigenvalue weighted by molar-refractivity contribution is 0.283. The fraction of sp³-hybridized carbons (Fsp3) is 0.429. The zero-order valence-corrected chi connectivity index (χ0v) is 12.0. The molecule has 0 saturated carbocycles. The van der Waals surface area contributed by atoms with Gasteiger partial charge in [-0.1, -0.05) is 6.07 Å². The predicted octanol–water partition coefficient (Wildman–Crippen LogP) is 0.299. The quantitative estimate of drug-likeness (QED) is 0.718. The summed E-state index contributed by atoms with van der Waals surface area (Å²) in [5, 5.41) is 3.22. The number of nitrogens with zero attached hydrogens (tertiary/aromatic N) is 3. The van der Waals surface area contributed by atoms with E-state index in [1.165, 1.54) is 0 Å². The average Bonchev–Trinajstić information content (AvgIpc) is 2.38. The minimum Gasteiger partial charge on any atom is -0.355 e. The summed E-state index contributed by atoms with van der Waals surface area (Å²) < 4.78 is 0. The Morgan fingerprint density at radius 1 is 1.40 bits per heavy atom. The summed E-state index contributed by atoms with van der Waals surface area (Å²) in [6, 6.07) is 6.01. The van der Waals surface area contributed by atoms with Crippen LogP contribution in [-0.2, 0) is 6.54 Å². The molecule has 1 unspecified atom stereocenters. The van der Waals surface area contributed by atoms with E-state index >= 15 is 0 Å². The Labute approximate surface area is 119 Å². The third-order valence-electron chi connectivity index (χ3n) is 3.16. The number of nitrogens with one attached hydrogen (secondary N) is 1. The van der Waals surface area contributed by atoms with Crippen LogP contribution in [0.2, 0.25) is 0 Å². The molecule has 6 heteroatoms. The minimum absolute atomic E-state index is 0.483. The van der Waals surface area contributed by atoms with Gasteiger partial charge in [-0.3, -0.25) is 15.7 Å². The molecule has 1 atom stereocenters. The third kappa shape index (κ3) is 3.55. The number of allylic oxidation sites excluding steroid dienone is 1. The number of pyridine rings is 1. The molecule has 1 aliphatic heterocycles. The highest BCUT2D eigenvalue weighted by atomic mass is 15.3.